The van der Waals surface area contributed by atoms with Crippen LogP contribution in [0.4, 0.5) is 10.1 Å². The summed E-state index contributed by atoms with van der Waals surface area (Å²) in [5.41, 5.74) is 3.56. The van der Waals surface area contributed by atoms with Gasteiger partial charge in [-0.05, 0) is 83.2 Å². The van der Waals surface area contributed by atoms with Crippen LogP contribution in [0.1, 0.15) is 46.2 Å². The molecule has 0 saturated heterocycles. The Morgan fingerprint density at radius 3 is 2.45 bits per heavy atom. The molecule has 0 bridgehead atoms. The van der Waals surface area contributed by atoms with Gasteiger partial charge < -0.3 is 19.1 Å². The van der Waals surface area contributed by atoms with Gasteiger partial charge in [-0.25, -0.2) is 14.2 Å². The minimum atomic E-state index is -0.825. The van der Waals surface area contributed by atoms with E-state index >= 15 is 0 Å². The summed E-state index contributed by atoms with van der Waals surface area (Å²) in [4.78, 5) is 34.2. The molecule has 0 spiro atoms. The fraction of sp³-hybridized carbons (Fsp3) is 0.281. The molecule has 0 N–H and O–H groups in total. The Kier molecular flexibility index (Phi) is 9.47. The van der Waals surface area contributed by atoms with Gasteiger partial charge >= 0.3 is 5.97 Å². The number of ether oxygens (including phenoxy) is 3. The van der Waals surface area contributed by atoms with E-state index in [1.165, 1.54) is 35.1 Å². The molecule has 220 valence electrons. The molecular weight excluding hydrogens is 557 g/mol. The highest BCUT2D eigenvalue weighted by Gasteiger charge is 2.35. The number of hydrogen-bond donors (Lipinski definition) is 0. The molecule has 1 atom stereocenters. The van der Waals surface area contributed by atoms with Crippen LogP contribution in [-0.2, 0) is 9.53 Å². The monoisotopic (exact) mass is 591 g/mol. The average molecular weight is 592 g/mol. The summed E-state index contributed by atoms with van der Waals surface area (Å²) in [6, 6.07) is 10.7. The van der Waals surface area contributed by atoms with Crippen LogP contribution < -0.4 is 29.3 Å². The Morgan fingerprint density at radius 2 is 1.83 bits per heavy atom. The van der Waals surface area contributed by atoms with E-state index in [1.807, 2.05) is 37.8 Å². The number of halogens is 1. The zero-order chi connectivity index (χ0) is 30.6. The van der Waals surface area contributed by atoms with Crippen molar-refractivity contribution in [1.29, 1.82) is 0 Å². The van der Waals surface area contributed by atoms with Crippen LogP contribution in [0.2, 0.25) is 0 Å². The third-order valence-corrected chi connectivity index (χ3v) is 7.94. The maximum Gasteiger partial charge on any atom is 0.338 e. The van der Waals surface area contributed by atoms with Gasteiger partial charge in [-0.2, -0.15) is 0 Å². The van der Waals surface area contributed by atoms with Gasteiger partial charge in [0.05, 0.1) is 36.6 Å². The van der Waals surface area contributed by atoms with E-state index in [0.29, 0.717) is 32.1 Å². The number of thiazole rings is 1. The van der Waals surface area contributed by atoms with Crippen LogP contribution in [0.15, 0.2) is 87.1 Å². The molecule has 0 fully saturated rings. The molecule has 3 aromatic rings. The number of nitrogens with zero attached hydrogens (tertiary/aromatic N) is 3. The number of methoxy groups -OCH3 is 2. The number of rotatable bonds is 9. The van der Waals surface area contributed by atoms with E-state index in [2.05, 4.69) is 4.99 Å². The number of aromatic nitrogens is 1. The smallest absolute Gasteiger partial charge is 0.338 e. The van der Waals surface area contributed by atoms with Crippen molar-refractivity contribution in [3.8, 4) is 11.5 Å². The van der Waals surface area contributed by atoms with Crippen molar-refractivity contribution in [3.05, 3.63) is 108 Å². The molecule has 1 aromatic heterocycles. The van der Waals surface area contributed by atoms with Crippen LogP contribution in [-0.4, -0.2) is 31.4 Å². The van der Waals surface area contributed by atoms with Gasteiger partial charge in [0.1, 0.15) is 23.4 Å². The summed E-state index contributed by atoms with van der Waals surface area (Å²) in [6.45, 7) is 9.43. The second-order valence-electron chi connectivity index (χ2n) is 9.48. The molecule has 8 nitrogen and oxygen atoms in total. The van der Waals surface area contributed by atoms with Crippen molar-refractivity contribution in [3.63, 3.8) is 0 Å². The Hall–Kier alpha value is -4.44. The molecule has 0 amide bonds. The second-order valence-corrected chi connectivity index (χ2v) is 10.5. The summed E-state index contributed by atoms with van der Waals surface area (Å²) in [5.74, 6) is 0.158. The van der Waals surface area contributed by atoms with Crippen LogP contribution in [0.3, 0.4) is 0 Å². The van der Waals surface area contributed by atoms with E-state index in [4.69, 9.17) is 14.2 Å². The van der Waals surface area contributed by atoms with Crippen LogP contribution in [0.5, 0.6) is 11.5 Å². The van der Waals surface area contributed by atoms with Crippen molar-refractivity contribution in [2.45, 2.75) is 40.7 Å². The van der Waals surface area contributed by atoms with Gasteiger partial charge in [0.25, 0.3) is 5.56 Å². The number of fused-ring (bicyclic) bond motifs is 1. The number of anilines is 1. The van der Waals surface area contributed by atoms with Gasteiger partial charge in [-0.15, -0.1) is 0 Å². The molecule has 1 unspecified atom stereocenters. The minimum Gasteiger partial charge on any atom is -0.497 e. The lowest BCUT2D eigenvalue weighted by Gasteiger charge is -2.26. The molecule has 4 rings (SSSR count). The van der Waals surface area contributed by atoms with Crippen molar-refractivity contribution in [2.75, 3.05) is 25.7 Å². The third-order valence-electron chi connectivity index (χ3n) is 6.94. The fourth-order valence-electron chi connectivity index (χ4n) is 4.82. The molecule has 0 saturated carbocycles. The van der Waals surface area contributed by atoms with E-state index in [9.17, 15) is 14.0 Å². The minimum absolute atomic E-state index is 0.173. The van der Waals surface area contributed by atoms with Gasteiger partial charge in [0, 0.05) is 28.7 Å². The number of benzene rings is 2. The predicted octanol–water partition coefficient (Wildman–Crippen LogP) is 5.24. The zero-order valence-electron chi connectivity index (χ0n) is 24.7. The van der Waals surface area contributed by atoms with E-state index in [-0.39, 0.29) is 23.6 Å². The summed E-state index contributed by atoms with van der Waals surface area (Å²) >= 11 is 1.23. The normalized spacial score (nSPS) is 15.7. The summed E-state index contributed by atoms with van der Waals surface area (Å²) in [5, 5.41) is 0. The maximum absolute atomic E-state index is 14.0. The van der Waals surface area contributed by atoms with Crippen molar-refractivity contribution in [1.82, 2.24) is 4.57 Å². The first-order chi connectivity index (χ1) is 20.1. The number of carbonyl (C=O) groups excluding carboxylic acids is 1. The molecule has 2 heterocycles. The molecule has 1 aliphatic rings. The van der Waals surface area contributed by atoms with Crippen molar-refractivity contribution >= 4 is 29.1 Å². The first-order valence-electron chi connectivity index (χ1n) is 13.4. The molecule has 1 aliphatic heterocycles. The second kappa shape index (κ2) is 13.0. The molecular formula is C32H34FN3O5S. The molecule has 2 aromatic carbocycles. The van der Waals surface area contributed by atoms with E-state index in [1.54, 1.807) is 57.4 Å². The molecule has 42 heavy (non-hydrogen) atoms. The topological polar surface area (TPSA) is 82.4 Å². The molecule has 0 aliphatic carbocycles. The number of esters is 1. The van der Waals surface area contributed by atoms with E-state index in [0.717, 1.165) is 17.1 Å². The van der Waals surface area contributed by atoms with Gasteiger partial charge in [0.2, 0.25) is 0 Å². The Labute approximate surface area is 248 Å². The molecule has 10 heteroatoms. The molecule has 0 radical (unpaired) electrons. The van der Waals surface area contributed by atoms with Gasteiger partial charge in [-0.3, -0.25) is 9.36 Å². The zero-order valence-corrected chi connectivity index (χ0v) is 25.5. The third kappa shape index (κ3) is 5.94. The van der Waals surface area contributed by atoms with Crippen LogP contribution in [0.25, 0.3) is 6.08 Å². The van der Waals surface area contributed by atoms with Crippen LogP contribution in [0, 0.1) is 5.82 Å². The summed E-state index contributed by atoms with van der Waals surface area (Å²) in [6.07, 6.45) is 5.53. The summed E-state index contributed by atoms with van der Waals surface area (Å²) < 4.78 is 32.0. The van der Waals surface area contributed by atoms with Crippen LogP contribution >= 0.6 is 11.3 Å². The van der Waals surface area contributed by atoms with Gasteiger partial charge in [0.15, 0.2) is 4.80 Å². The average Bonchev–Trinajstić information content (AvgIpc) is 3.30. The van der Waals surface area contributed by atoms with Gasteiger partial charge in [-0.1, -0.05) is 17.4 Å². The number of hydrogen-bond acceptors (Lipinski definition) is 8. The van der Waals surface area contributed by atoms with Crippen molar-refractivity contribution < 1.29 is 23.4 Å². The maximum atomic E-state index is 14.0. The lowest BCUT2D eigenvalue weighted by atomic mass is 9.95. The lowest BCUT2D eigenvalue weighted by Crippen LogP contribution is -2.40. The standard InChI is InChI=1S/C32H34FN3O5S/c1-8-19(3)35(23-13-11-22(33)12-14-23)20(4)10-17-27-30(37)36-29(25-16-15-24(39-6)18-26(25)40-7)28(31(38)41-9-2)21(5)34-32(36)42-27/h8,10-18,29H,9H2,1-7H3/b19-8+,20-10?,27-17?. The highest BCUT2D eigenvalue weighted by molar-refractivity contribution is 7.07. The Morgan fingerprint density at radius 1 is 1.12 bits per heavy atom. The summed E-state index contributed by atoms with van der Waals surface area (Å²) in [7, 11) is 3.08. The highest BCUT2D eigenvalue weighted by Crippen LogP contribution is 2.37. The number of allylic oxidation sites excluding steroid dienone is 5. The first-order valence-corrected chi connectivity index (χ1v) is 14.2. The Bertz CT molecular complexity index is 1770. The largest absolute Gasteiger partial charge is 0.497 e. The Balaban J connectivity index is 1.90. The van der Waals surface area contributed by atoms with Crippen molar-refractivity contribution in [2.24, 2.45) is 4.99 Å². The highest BCUT2D eigenvalue weighted by atomic mass is 32.1. The number of carbonyl (C=O) groups is 1. The SMILES string of the molecule is C/C=C(\C)N(C(C)=CC=c1sc2n(c1=O)C(c1ccc(OC)cc1OC)C(C(=O)OCC)=C(C)N=2)c1ccc(F)cc1. The van der Waals surface area contributed by atoms with E-state index < -0.39 is 12.0 Å². The predicted molar refractivity (Wildman–Crippen MR) is 163 cm³/mol. The lowest BCUT2D eigenvalue weighted by molar-refractivity contribution is -0.139. The first kappa shape index (κ1) is 30.5. The quantitative estimate of drug-likeness (QED) is 0.317. The fourth-order valence-corrected chi connectivity index (χ4v) is 5.81.